The van der Waals surface area contributed by atoms with Gasteiger partial charge in [0.25, 0.3) is 0 Å². The van der Waals surface area contributed by atoms with Gasteiger partial charge in [-0.15, -0.1) is 0 Å². The first-order valence-corrected chi connectivity index (χ1v) is 2.70. The zero-order valence-electron chi connectivity index (χ0n) is 4.14. The van der Waals surface area contributed by atoms with Crippen LogP contribution in [0.5, 0.6) is 0 Å². The van der Waals surface area contributed by atoms with Gasteiger partial charge >= 0.3 is 10.8 Å². The number of carboxylic acids is 1. The number of carbonyl (C=O) groups is 1. The fourth-order valence-electron chi connectivity index (χ4n) is 0.140. The van der Waals surface area contributed by atoms with Crippen LogP contribution in [0.25, 0.3) is 0 Å². The van der Waals surface area contributed by atoms with Gasteiger partial charge in [0, 0.05) is 0 Å². The molecule has 0 aliphatic rings. The van der Waals surface area contributed by atoms with Gasteiger partial charge in [0.2, 0.25) is 0 Å². The largest absolute Gasteiger partial charge is 0.480 e. The molecule has 0 amide bonds. The molecule has 0 fully saturated rings. The predicted molar refractivity (Wildman–Crippen MR) is 29.5 cm³/mol. The molecule has 0 aliphatic heterocycles. The van der Waals surface area contributed by atoms with Crippen molar-refractivity contribution >= 4 is 21.9 Å². The van der Waals surface area contributed by atoms with Crippen molar-refractivity contribution in [3.05, 3.63) is 0 Å². The molecule has 1 atom stereocenters. The molecule has 0 rings (SSSR count). The van der Waals surface area contributed by atoms with E-state index in [1.54, 1.807) is 15.9 Å². The van der Waals surface area contributed by atoms with Crippen LogP contribution in [0.1, 0.15) is 0 Å². The average molecular weight is 204 g/mol. The Morgan fingerprint density at radius 3 is 2.11 bits per heavy atom. The van der Waals surface area contributed by atoms with Crippen LogP contribution >= 0.6 is 15.9 Å². The van der Waals surface area contributed by atoms with E-state index in [0.29, 0.717) is 0 Å². The number of alkyl halides is 3. The molecule has 0 bridgehead atoms. The van der Waals surface area contributed by atoms with Crippen LogP contribution in [0, 0.1) is 0 Å². The molecular formula is C3H4BrF2NO2. The monoisotopic (exact) mass is 203 g/mol. The van der Waals surface area contributed by atoms with E-state index in [1.165, 1.54) is 0 Å². The highest BCUT2D eigenvalue weighted by molar-refractivity contribution is 9.10. The van der Waals surface area contributed by atoms with Crippen molar-refractivity contribution in [2.45, 2.75) is 10.9 Å². The minimum Gasteiger partial charge on any atom is -0.480 e. The maximum atomic E-state index is 11.8. The minimum absolute atomic E-state index is 1.74. The number of nitrogens with two attached hydrogens (primary N) is 1. The van der Waals surface area contributed by atoms with Crippen LogP contribution in [0.4, 0.5) is 8.78 Å². The average Bonchev–Trinajstić information content (AvgIpc) is 1.62. The second kappa shape index (κ2) is 2.57. The molecule has 0 aliphatic carbocycles. The molecule has 0 saturated carbocycles. The van der Waals surface area contributed by atoms with Crippen molar-refractivity contribution in [1.29, 1.82) is 0 Å². The first-order chi connectivity index (χ1) is 3.85. The fourth-order valence-corrected chi connectivity index (χ4v) is 0.336. The Labute approximate surface area is 58.0 Å². The van der Waals surface area contributed by atoms with Gasteiger partial charge in [0.15, 0.2) is 6.04 Å². The third-order valence-electron chi connectivity index (χ3n) is 0.619. The lowest BCUT2D eigenvalue weighted by molar-refractivity contribution is -0.142. The molecule has 0 aromatic rings. The summed E-state index contributed by atoms with van der Waals surface area (Å²) < 4.78 is 23.6. The summed E-state index contributed by atoms with van der Waals surface area (Å²) in [7, 11) is 0. The van der Waals surface area contributed by atoms with Crippen molar-refractivity contribution in [2.75, 3.05) is 0 Å². The molecule has 3 N–H and O–H groups in total. The van der Waals surface area contributed by atoms with E-state index < -0.39 is 16.8 Å². The molecular weight excluding hydrogens is 200 g/mol. The highest BCUT2D eigenvalue weighted by Crippen LogP contribution is 2.24. The molecule has 9 heavy (non-hydrogen) atoms. The summed E-state index contributed by atoms with van der Waals surface area (Å²) in [4.78, 5) is 6.18. The van der Waals surface area contributed by atoms with Gasteiger partial charge in [-0.3, -0.25) is 4.79 Å². The van der Waals surface area contributed by atoms with Crippen LogP contribution in [-0.4, -0.2) is 21.9 Å². The van der Waals surface area contributed by atoms with E-state index in [4.69, 9.17) is 5.11 Å². The molecule has 0 radical (unpaired) electrons. The Morgan fingerprint density at radius 1 is 1.78 bits per heavy atom. The van der Waals surface area contributed by atoms with E-state index in [-0.39, 0.29) is 0 Å². The van der Waals surface area contributed by atoms with Gasteiger partial charge in [0.05, 0.1) is 0 Å². The SMILES string of the molecule is N[C@H](C(=O)O)C(F)(F)Br. The predicted octanol–water partition coefficient (Wildman–Crippen LogP) is 0.386. The number of carboxylic acid groups (broad SMARTS) is 1. The lowest BCUT2D eigenvalue weighted by atomic mass is 10.3. The first-order valence-electron chi connectivity index (χ1n) is 1.91. The molecule has 54 valence electrons. The van der Waals surface area contributed by atoms with Crippen LogP contribution in [0.3, 0.4) is 0 Å². The maximum absolute atomic E-state index is 11.8. The molecule has 0 aromatic carbocycles. The zero-order chi connectivity index (χ0) is 7.65. The number of hydrogen-bond donors (Lipinski definition) is 2. The fraction of sp³-hybridized carbons (Fsp3) is 0.667. The summed E-state index contributed by atoms with van der Waals surface area (Å²) in [5.74, 6) is -1.74. The lowest BCUT2D eigenvalue weighted by Crippen LogP contribution is -2.42. The normalized spacial score (nSPS) is 15.1. The number of halogens is 3. The van der Waals surface area contributed by atoms with Gasteiger partial charge in [-0.05, 0) is 15.9 Å². The smallest absolute Gasteiger partial charge is 0.327 e. The van der Waals surface area contributed by atoms with Crippen LogP contribution < -0.4 is 5.73 Å². The quantitative estimate of drug-likeness (QED) is 0.639. The van der Waals surface area contributed by atoms with Crippen molar-refractivity contribution in [3.8, 4) is 0 Å². The van der Waals surface area contributed by atoms with Gasteiger partial charge in [-0.25, -0.2) is 0 Å². The number of aliphatic carboxylic acids is 1. The Kier molecular flexibility index (Phi) is 2.50. The van der Waals surface area contributed by atoms with Gasteiger partial charge in [-0.1, -0.05) is 0 Å². The second-order valence-electron chi connectivity index (χ2n) is 1.36. The Bertz CT molecular complexity index is 123. The van der Waals surface area contributed by atoms with Crippen LogP contribution in [-0.2, 0) is 4.79 Å². The summed E-state index contributed by atoms with van der Waals surface area (Å²) in [5.41, 5.74) is 4.50. The molecule has 0 heterocycles. The molecule has 0 spiro atoms. The van der Waals surface area contributed by atoms with E-state index in [9.17, 15) is 13.6 Å². The van der Waals surface area contributed by atoms with Crippen molar-refractivity contribution in [1.82, 2.24) is 0 Å². The maximum Gasteiger partial charge on any atom is 0.327 e. The highest BCUT2D eigenvalue weighted by Gasteiger charge is 2.38. The van der Waals surface area contributed by atoms with E-state index in [0.717, 1.165) is 0 Å². The molecule has 0 saturated heterocycles. The van der Waals surface area contributed by atoms with Gasteiger partial charge in [-0.2, -0.15) is 8.78 Å². The minimum atomic E-state index is -3.53. The zero-order valence-corrected chi connectivity index (χ0v) is 5.73. The Morgan fingerprint density at radius 2 is 2.11 bits per heavy atom. The molecule has 0 unspecified atom stereocenters. The molecule has 6 heteroatoms. The lowest BCUT2D eigenvalue weighted by Gasteiger charge is -2.11. The number of rotatable bonds is 2. The van der Waals surface area contributed by atoms with E-state index in [1.807, 2.05) is 0 Å². The number of hydrogen-bond acceptors (Lipinski definition) is 2. The molecule has 0 aromatic heterocycles. The first kappa shape index (κ1) is 8.77. The Hall–Kier alpha value is -0.230. The topological polar surface area (TPSA) is 63.3 Å². The van der Waals surface area contributed by atoms with Crippen molar-refractivity contribution in [3.63, 3.8) is 0 Å². The standard InChI is InChI=1S/C3H4BrF2NO2/c4-3(5,6)1(7)2(8)9/h1H,7H2,(H,8,9)/t1-/m1/s1. The second-order valence-corrected chi connectivity index (χ2v) is 2.41. The van der Waals surface area contributed by atoms with Crippen molar-refractivity contribution < 1.29 is 18.7 Å². The van der Waals surface area contributed by atoms with E-state index >= 15 is 0 Å². The molecule has 3 nitrogen and oxygen atoms in total. The van der Waals surface area contributed by atoms with Gasteiger partial charge in [0.1, 0.15) is 0 Å². The van der Waals surface area contributed by atoms with E-state index in [2.05, 4.69) is 5.73 Å². The van der Waals surface area contributed by atoms with Crippen LogP contribution in [0.15, 0.2) is 0 Å². The third kappa shape index (κ3) is 2.71. The van der Waals surface area contributed by atoms with Crippen molar-refractivity contribution in [2.24, 2.45) is 5.73 Å². The summed E-state index contributed by atoms with van der Waals surface area (Å²) in [6, 6.07) is -2.18. The van der Waals surface area contributed by atoms with Gasteiger partial charge < -0.3 is 10.8 Å². The van der Waals surface area contributed by atoms with Crippen LogP contribution in [0.2, 0.25) is 0 Å². The highest BCUT2D eigenvalue weighted by atomic mass is 79.9. The summed E-state index contributed by atoms with van der Waals surface area (Å²) in [5, 5.41) is 7.88. The third-order valence-corrected chi connectivity index (χ3v) is 1.11. The summed E-state index contributed by atoms with van der Waals surface area (Å²) in [6.07, 6.45) is 0. The summed E-state index contributed by atoms with van der Waals surface area (Å²) >= 11 is 1.81. The Balaban J connectivity index is 4.04. The summed E-state index contributed by atoms with van der Waals surface area (Å²) in [6.45, 7) is 0.